The van der Waals surface area contributed by atoms with Gasteiger partial charge in [0.15, 0.2) is 0 Å². The average molecular weight is 279 g/mol. The van der Waals surface area contributed by atoms with E-state index in [1.54, 1.807) is 0 Å². The molecule has 102 valence electrons. The number of halogens is 1. The molecule has 1 N–H and O–H groups in total. The number of hydrogen-bond donors (Lipinski definition) is 1. The monoisotopic (exact) mass is 278 g/mol. The fraction of sp³-hybridized carbons (Fsp3) is 0.467. The summed E-state index contributed by atoms with van der Waals surface area (Å²) in [7, 11) is 0. The largest absolute Gasteiger partial charge is 0.273 e. The van der Waals surface area contributed by atoms with E-state index in [4.69, 9.17) is 11.6 Å². The quantitative estimate of drug-likeness (QED) is 0.664. The third-order valence-corrected chi connectivity index (χ3v) is 3.90. The van der Waals surface area contributed by atoms with E-state index in [9.17, 15) is 4.79 Å². The minimum atomic E-state index is 0.0334. The second kappa shape index (κ2) is 6.71. The van der Waals surface area contributed by atoms with Crippen molar-refractivity contribution in [3.05, 3.63) is 34.9 Å². The van der Waals surface area contributed by atoms with Gasteiger partial charge in [0.25, 0.3) is 0 Å². The SMILES string of the molecule is CC(=NNC(=O)C1CCCCC1)c1ccccc1Cl. The fourth-order valence-electron chi connectivity index (χ4n) is 2.41. The summed E-state index contributed by atoms with van der Waals surface area (Å²) >= 11 is 6.09. The van der Waals surface area contributed by atoms with Crippen LogP contribution in [0.2, 0.25) is 5.02 Å². The van der Waals surface area contributed by atoms with Crippen LogP contribution in [0.5, 0.6) is 0 Å². The topological polar surface area (TPSA) is 41.5 Å². The van der Waals surface area contributed by atoms with Crippen molar-refractivity contribution in [2.24, 2.45) is 11.0 Å². The van der Waals surface area contributed by atoms with Crippen LogP contribution in [0.15, 0.2) is 29.4 Å². The maximum Gasteiger partial charge on any atom is 0.243 e. The van der Waals surface area contributed by atoms with Crippen molar-refractivity contribution in [3.8, 4) is 0 Å². The van der Waals surface area contributed by atoms with Gasteiger partial charge >= 0.3 is 0 Å². The van der Waals surface area contributed by atoms with E-state index in [0.29, 0.717) is 5.02 Å². The Hall–Kier alpha value is -1.35. The molecule has 0 spiro atoms. The number of hydrogen-bond acceptors (Lipinski definition) is 2. The van der Waals surface area contributed by atoms with Gasteiger partial charge < -0.3 is 0 Å². The van der Waals surface area contributed by atoms with Crippen molar-refractivity contribution in [3.63, 3.8) is 0 Å². The zero-order valence-corrected chi connectivity index (χ0v) is 11.9. The lowest BCUT2D eigenvalue weighted by atomic mass is 9.89. The first-order valence-corrected chi connectivity index (χ1v) is 7.15. The number of nitrogens with zero attached hydrogens (tertiary/aromatic N) is 1. The third kappa shape index (κ3) is 3.80. The predicted molar refractivity (Wildman–Crippen MR) is 78.4 cm³/mol. The Balaban J connectivity index is 1.98. The molecule has 1 amide bonds. The van der Waals surface area contributed by atoms with E-state index in [1.807, 2.05) is 31.2 Å². The highest BCUT2D eigenvalue weighted by molar-refractivity contribution is 6.34. The van der Waals surface area contributed by atoms with Crippen molar-refractivity contribution < 1.29 is 4.79 Å². The van der Waals surface area contributed by atoms with Gasteiger partial charge in [-0.1, -0.05) is 49.1 Å². The van der Waals surface area contributed by atoms with E-state index in [1.165, 1.54) is 6.42 Å². The van der Waals surface area contributed by atoms with Crippen LogP contribution in [0.4, 0.5) is 0 Å². The Morgan fingerprint density at radius 1 is 1.26 bits per heavy atom. The number of nitrogens with one attached hydrogen (secondary N) is 1. The smallest absolute Gasteiger partial charge is 0.243 e. The van der Waals surface area contributed by atoms with Crippen LogP contribution in [-0.4, -0.2) is 11.6 Å². The predicted octanol–water partition coefficient (Wildman–Crippen LogP) is 3.76. The molecule has 0 unspecified atom stereocenters. The van der Waals surface area contributed by atoms with E-state index in [0.717, 1.165) is 37.0 Å². The minimum absolute atomic E-state index is 0.0334. The molecule has 1 aliphatic rings. The zero-order chi connectivity index (χ0) is 13.7. The molecule has 3 nitrogen and oxygen atoms in total. The molecular formula is C15H19ClN2O. The van der Waals surface area contributed by atoms with Crippen molar-refractivity contribution in [1.29, 1.82) is 0 Å². The Morgan fingerprint density at radius 3 is 2.63 bits per heavy atom. The third-order valence-electron chi connectivity index (χ3n) is 3.57. The minimum Gasteiger partial charge on any atom is -0.273 e. The average Bonchev–Trinajstić information content (AvgIpc) is 2.46. The summed E-state index contributed by atoms with van der Waals surface area (Å²) in [4.78, 5) is 12.0. The van der Waals surface area contributed by atoms with Crippen LogP contribution < -0.4 is 5.43 Å². The van der Waals surface area contributed by atoms with Crippen molar-refractivity contribution in [1.82, 2.24) is 5.43 Å². The lowest BCUT2D eigenvalue weighted by molar-refractivity contribution is -0.125. The van der Waals surface area contributed by atoms with Crippen LogP contribution >= 0.6 is 11.6 Å². The Morgan fingerprint density at radius 2 is 1.95 bits per heavy atom. The standard InChI is InChI=1S/C15H19ClN2O/c1-11(13-9-5-6-10-14(13)16)17-18-15(19)12-7-3-2-4-8-12/h5-6,9-10,12H,2-4,7-8H2,1H3,(H,18,19). The second-order valence-corrected chi connectivity index (χ2v) is 5.40. The van der Waals surface area contributed by atoms with Crippen LogP contribution in [-0.2, 0) is 4.79 Å². The van der Waals surface area contributed by atoms with Gasteiger partial charge in [0.2, 0.25) is 5.91 Å². The van der Waals surface area contributed by atoms with Crippen LogP contribution in [0, 0.1) is 5.92 Å². The van der Waals surface area contributed by atoms with E-state index in [2.05, 4.69) is 10.5 Å². The second-order valence-electron chi connectivity index (χ2n) is 4.99. The summed E-state index contributed by atoms with van der Waals surface area (Å²) in [6.07, 6.45) is 5.49. The molecule has 1 aliphatic carbocycles. The maximum absolute atomic E-state index is 12.0. The molecule has 0 bridgehead atoms. The van der Waals surface area contributed by atoms with Gasteiger partial charge in [-0.15, -0.1) is 0 Å². The summed E-state index contributed by atoms with van der Waals surface area (Å²) in [6.45, 7) is 1.85. The number of carbonyl (C=O) groups excluding carboxylic acids is 1. The Labute approximate surface area is 119 Å². The van der Waals surface area contributed by atoms with Gasteiger partial charge in [-0.3, -0.25) is 4.79 Å². The van der Waals surface area contributed by atoms with Gasteiger partial charge in [-0.25, -0.2) is 5.43 Å². The van der Waals surface area contributed by atoms with Crippen molar-refractivity contribution in [2.45, 2.75) is 39.0 Å². The lowest BCUT2D eigenvalue weighted by Gasteiger charge is -2.19. The number of benzene rings is 1. The van der Waals surface area contributed by atoms with Gasteiger partial charge in [0, 0.05) is 16.5 Å². The summed E-state index contributed by atoms with van der Waals surface area (Å²) in [6, 6.07) is 7.50. The molecule has 2 rings (SSSR count). The summed E-state index contributed by atoms with van der Waals surface area (Å²) in [5.41, 5.74) is 4.25. The van der Waals surface area contributed by atoms with Gasteiger partial charge in [0.05, 0.1) is 5.71 Å². The molecule has 4 heteroatoms. The molecule has 1 aromatic carbocycles. The van der Waals surface area contributed by atoms with E-state index >= 15 is 0 Å². The normalized spacial score (nSPS) is 17.3. The van der Waals surface area contributed by atoms with E-state index < -0.39 is 0 Å². The van der Waals surface area contributed by atoms with Gasteiger partial charge in [-0.05, 0) is 25.8 Å². The fourth-order valence-corrected chi connectivity index (χ4v) is 2.68. The van der Waals surface area contributed by atoms with Gasteiger partial charge in [-0.2, -0.15) is 5.10 Å². The highest BCUT2D eigenvalue weighted by Crippen LogP contribution is 2.23. The molecule has 0 aromatic heterocycles. The number of rotatable bonds is 3. The molecule has 19 heavy (non-hydrogen) atoms. The van der Waals surface area contributed by atoms with Crippen LogP contribution in [0.3, 0.4) is 0 Å². The van der Waals surface area contributed by atoms with E-state index in [-0.39, 0.29) is 11.8 Å². The first kappa shape index (κ1) is 14.1. The lowest BCUT2D eigenvalue weighted by Crippen LogP contribution is -2.29. The van der Waals surface area contributed by atoms with Gasteiger partial charge in [0.1, 0.15) is 0 Å². The maximum atomic E-state index is 12.0. The molecule has 0 atom stereocenters. The molecule has 0 saturated heterocycles. The summed E-state index contributed by atoms with van der Waals surface area (Å²) in [5.74, 6) is 0.155. The van der Waals surface area contributed by atoms with Crippen molar-refractivity contribution >= 4 is 23.2 Å². The molecule has 1 saturated carbocycles. The molecular weight excluding hydrogens is 260 g/mol. The highest BCUT2D eigenvalue weighted by Gasteiger charge is 2.20. The number of carbonyl (C=O) groups is 1. The van der Waals surface area contributed by atoms with Crippen molar-refractivity contribution in [2.75, 3.05) is 0 Å². The van der Waals surface area contributed by atoms with Crippen LogP contribution in [0.25, 0.3) is 0 Å². The first-order chi connectivity index (χ1) is 9.18. The summed E-state index contributed by atoms with van der Waals surface area (Å²) in [5, 5.41) is 4.81. The Kier molecular flexibility index (Phi) is 4.97. The van der Waals surface area contributed by atoms with Crippen LogP contribution in [0.1, 0.15) is 44.6 Å². The number of amides is 1. The zero-order valence-electron chi connectivity index (χ0n) is 11.2. The first-order valence-electron chi connectivity index (χ1n) is 6.77. The summed E-state index contributed by atoms with van der Waals surface area (Å²) < 4.78 is 0. The molecule has 0 heterocycles. The Bertz CT molecular complexity index is 479. The highest BCUT2D eigenvalue weighted by atomic mass is 35.5. The molecule has 0 aliphatic heterocycles. The number of hydrazone groups is 1. The molecule has 1 fully saturated rings. The molecule has 0 radical (unpaired) electrons. The molecule has 1 aromatic rings.